The van der Waals surface area contributed by atoms with Crippen molar-refractivity contribution < 1.29 is 0 Å². The van der Waals surface area contributed by atoms with Crippen LogP contribution in [0.15, 0.2) is 35.4 Å². The van der Waals surface area contributed by atoms with E-state index < -0.39 is 0 Å². The molecule has 4 nitrogen and oxygen atoms in total. The van der Waals surface area contributed by atoms with Gasteiger partial charge in [0, 0.05) is 17.8 Å². The molecule has 0 atom stereocenters. The Balaban J connectivity index is 3.44. The molecule has 0 heterocycles. The number of rotatable bonds is 5. The lowest BCUT2D eigenvalue weighted by Gasteiger charge is -2.11. The van der Waals surface area contributed by atoms with E-state index in [1.165, 1.54) is 0 Å². The fourth-order valence-electron chi connectivity index (χ4n) is 1.92. The third-order valence-corrected chi connectivity index (χ3v) is 3.35. The van der Waals surface area contributed by atoms with Gasteiger partial charge in [0.05, 0.1) is 11.4 Å². The number of allylic oxidation sites excluding steroid dienone is 2. The van der Waals surface area contributed by atoms with Gasteiger partial charge in [-0.25, -0.2) is 0 Å². The Morgan fingerprint density at radius 2 is 2.10 bits per heavy atom. The van der Waals surface area contributed by atoms with Gasteiger partial charge < -0.3 is 11.5 Å². The summed E-state index contributed by atoms with van der Waals surface area (Å²) < 4.78 is 0. The van der Waals surface area contributed by atoms with E-state index in [2.05, 4.69) is 17.6 Å². The molecule has 21 heavy (non-hydrogen) atoms. The number of nitrogens with two attached hydrogens (primary N) is 2. The van der Waals surface area contributed by atoms with Gasteiger partial charge in [-0.1, -0.05) is 13.5 Å². The molecule has 0 aliphatic carbocycles. The van der Waals surface area contributed by atoms with Crippen LogP contribution in [0.2, 0.25) is 0 Å². The third-order valence-electron chi connectivity index (χ3n) is 3.35. The van der Waals surface area contributed by atoms with E-state index in [1.54, 1.807) is 12.1 Å². The number of hydrogen-bond acceptors (Lipinski definition) is 4. The Hall–Kier alpha value is -2.54. The summed E-state index contributed by atoms with van der Waals surface area (Å²) in [5, 5.41) is 9.40. The van der Waals surface area contributed by atoms with Crippen LogP contribution in [0.1, 0.15) is 30.0 Å². The molecule has 4 N–H and O–H groups in total. The lowest BCUT2D eigenvalue weighted by atomic mass is 9.98. The summed E-state index contributed by atoms with van der Waals surface area (Å²) in [7, 11) is 0. The average molecular weight is 282 g/mol. The molecule has 0 saturated carbocycles. The first-order valence-electron chi connectivity index (χ1n) is 6.90. The zero-order valence-electron chi connectivity index (χ0n) is 12.9. The molecule has 110 valence electrons. The Labute approximate surface area is 126 Å². The number of anilines is 1. The van der Waals surface area contributed by atoms with Crippen LogP contribution in [0.4, 0.5) is 5.69 Å². The largest absolute Gasteiger partial charge is 0.398 e. The van der Waals surface area contributed by atoms with Crippen molar-refractivity contribution in [2.45, 2.75) is 27.2 Å². The number of nitrogen functional groups attached to an aromatic ring is 1. The monoisotopic (exact) mass is 282 g/mol. The highest BCUT2D eigenvalue weighted by Crippen LogP contribution is 2.23. The van der Waals surface area contributed by atoms with E-state index in [9.17, 15) is 5.26 Å². The summed E-state index contributed by atoms with van der Waals surface area (Å²) in [5.41, 5.74) is 16.8. The number of nitriles is 1. The normalized spacial score (nSPS) is 12.6. The molecule has 0 aliphatic heterocycles. The second-order valence-electron chi connectivity index (χ2n) is 4.88. The third kappa shape index (κ3) is 3.73. The Bertz CT molecular complexity index is 622. The van der Waals surface area contributed by atoms with E-state index in [4.69, 9.17) is 11.5 Å². The second-order valence-corrected chi connectivity index (χ2v) is 4.88. The summed E-state index contributed by atoms with van der Waals surface area (Å²) in [6, 6.07) is 5.84. The van der Waals surface area contributed by atoms with Gasteiger partial charge in [-0.3, -0.25) is 4.99 Å². The van der Waals surface area contributed by atoms with E-state index in [-0.39, 0.29) is 0 Å². The molecule has 0 saturated heterocycles. The number of nitrogens with zero attached hydrogens (tertiary/aromatic N) is 2. The fourth-order valence-corrected chi connectivity index (χ4v) is 1.92. The molecular formula is C17H22N4. The molecule has 0 aromatic heterocycles. The van der Waals surface area contributed by atoms with Gasteiger partial charge in [-0.05, 0) is 49.6 Å². The van der Waals surface area contributed by atoms with Crippen LogP contribution < -0.4 is 11.5 Å². The van der Waals surface area contributed by atoms with Crippen molar-refractivity contribution in [3.63, 3.8) is 0 Å². The predicted octanol–water partition coefficient (Wildman–Crippen LogP) is 3.12. The highest BCUT2D eigenvalue weighted by Gasteiger charge is 2.12. The molecule has 0 fully saturated rings. The molecule has 0 bridgehead atoms. The molecule has 0 unspecified atom stereocenters. The maximum Gasteiger partial charge on any atom is 0.104 e. The van der Waals surface area contributed by atoms with Gasteiger partial charge in [0.1, 0.15) is 11.6 Å². The first-order chi connectivity index (χ1) is 9.96. The Morgan fingerprint density at radius 1 is 1.43 bits per heavy atom. The number of aryl methyl sites for hydroxylation is 1. The summed E-state index contributed by atoms with van der Waals surface area (Å²) >= 11 is 0. The van der Waals surface area contributed by atoms with Gasteiger partial charge >= 0.3 is 0 Å². The number of hydrogen-bond donors (Lipinski definition) is 2. The molecule has 4 heteroatoms. The molecule has 0 amide bonds. The van der Waals surface area contributed by atoms with E-state index in [0.29, 0.717) is 29.2 Å². The van der Waals surface area contributed by atoms with Crippen LogP contribution in [0, 0.1) is 25.2 Å². The standard InChI is InChI=1S/C17H22N4/c1-5-7-21-16(6-2)14(10-18)17(20)13-8-11(3)12(4)15(19)9-13/h6,8-9H,2,5,7,19-20H2,1,3-4H3/b17-14-,21-16+. The van der Waals surface area contributed by atoms with E-state index >= 15 is 0 Å². The van der Waals surface area contributed by atoms with Crippen LogP contribution in [0.25, 0.3) is 5.70 Å². The van der Waals surface area contributed by atoms with Gasteiger partial charge in [0.2, 0.25) is 0 Å². The van der Waals surface area contributed by atoms with Crippen LogP contribution in [-0.2, 0) is 0 Å². The van der Waals surface area contributed by atoms with Crippen LogP contribution in [0.3, 0.4) is 0 Å². The predicted molar refractivity (Wildman–Crippen MR) is 89.8 cm³/mol. The van der Waals surface area contributed by atoms with Crippen molar-refractivity contribution in [2.75, 3.05) is 12.3 Å². The van der Waals surface area contributed by atoms with Crippen molar-refractivity contribution in [3.05, 3.63) is 47.1 Å². The van der Waals surface area contributed by atoms with Crippen molar-refractivity contribution in [1.29, 1.82) is 5.26 Å². The molecule has 0 aliphatic rings. The van der Waals surface area contributed by atoms with Crippen molar-refractivity contribution in [3.8, 4) is 6.07 Å². The molecular weight excluding hydrogens is 260 g/mol. The minimum absolute atomic E-state index is 0.334. The lowest BCUT2D eigenvalue weighted by Crippen LogP contribution is -2.09. The fraction of sp³-hybridized carbons (Fsp3) is 0.294. The lowest BCUT2D eigenvalue weighted by molar-refractivity contribution is 0.934. The minimum atomic E-state index is 0.334. The maximum absolute atomic E-state index is 9.40. The Kier molecular flexibility index (Phi) is 5.74. The van der Waals surface area contributed by atoms with E-state index in [0.717, 1.165) is 23.1 Å². The molecule has 1 aromatic carbocycles. The smallest absolute Gasteiger partial charge is 0.104 e. The molecule has 0 radical (unpaired) electrons. The summed E-state index contributed by atoms with van der Waals surface area (Å²) in [6.45, 7) is 10.3. The molecule has 1 aromatic rings. The topological polar surface area (TPSA) is 88.2 Å². The Morgan fingerprint density at radius 3 is 2.57 bits per heavy atom. The average Bonchev–Trinajstić information content (AvgIpc) is 2.47. The highest BCUT2D eigenvalue weighted by molar-refractivity contribution is 6.15. The quantitative estimate of drug-likeness (QED) is 0.494. The van der Waals surface area contributed by atoms with Gasteiger partial charge in [-0.15, -0.1) is 0 Å². The molecule has 1 rings (SSSR count). The SMILES string of the molecule is C=CC(=N\CCC)/C(C#N)=C(\N)c1cc(C)c(C)c(N)c1. The number of benzene rings is 1. The maximum atomic E-state index is 9.40. The van der Waals surface area contributed by atoms with Crippen LogP contribution in [0.5, 0.6) is 0 Å². The highest BCUT2D eigenvalue weighted by atomic mass is 14.7. The van der Waals surface area contributed by atoms with E-state index in [1.807, 2.05) is 26.8 Å². The summed E-state index contributed by atoms with van der Waals surface area (Å²) in [5.74, 6) is 0. The van der Waals surface area contributed by atoms with Gasteiger partial charge in [0.25, 0.3) is 0 Å². The second kappa shape index (κ2) is 7.30. The zero-order valence-corrected chi connectivity index (χ0v) is 12.9. The van der Waals surface area contributed by atoms with Crippen LogP contribution >= 0.6 is 0 Å². The zero-order chi connectivity index (χ0) is 16.0. The van der Waals surface area contributed by atoms with Crippen LogP contribution in [-0.4, -0.2) is 12.3 Å². The number of aliphatic imine (C=N–C) groups is 1. The first-order valence-corrected chi connectivity index (χ1v) is 6.90. The first kappa shape index (κ1) is 16.5. The summed E-state index contributed by atoms with van der Waals surface area (Å²) in [6.07, 6.45) is 2.46. The van der Waals surface area contributed by atoms with Crippen molar-refractivity contribution in [1.82, 2.24) is 0 Å². The van der Waals surface area contributed by atoms with Gasteiger partial charge in [0.15, 0.2) is 0 Å². The van der Waals surface area contributed by atoms with Gasteiger partial charge in [-0.2, -0.15) is 5.26 Å². The minimum Gasteiger partial charge on any atom is -0.398 e. The van der Waals surface area contributed by atoms with Crippen molar-refractivity contribution in [2.24, 2.45) is 10.7 Å². The summed E-state index contributed by atoms with van der Waals surface area (Å²) in [4.78, 5) is 4.35. The molecule has 0 spiro atoms. The van der Waals surface area contributed by atoms with Crippen molar-refractivity contribution >= 4 is 17.1 Å².